The molecule has 0 bridgehead atoms. The summed E-state index contributed by atoms with van der Waals surface area (Å²) in [6, 6.07) is 0.400. The Morgan fingerprint density at radius 3 is 2.35 bits per heavy atom. The number of amides is 1. The lowest BCUT2D eigenvalue weighted by molar-refractivity contribution is -0.128. The molecule has 1 saturated carbocycles. The van der Waals surface area contributed by atoms with Gasteiger partial charge in [-0.3, -0.25) is 4.79 Å². The zero-order valence-corrected chi connectivity index (χ0v) is 11.4. The maximum absolute atomic E-state index is 12.0. The van der Waals surface area contributed by atoms with Crippen LogP contribution in [0.3, 0.4) is 0 Å². The van der Waals surface area contributed by atoms with Gasteiger partial charge in [-0.25, -0.2) is 0 Å². The van der Waals surface area contributed by atoms with Gasteiger partial charge in [0.15, 0.2) is 0 Å². The van der Waals surface area contributed by atoms with E-state index in [1.807, 2.05) is 0 Å². The molecule has 1 amide bonds. The van der Waals surface area contributed by atoms with Crippen LogP contribution in [-0.4, -0.2) is 25.0 Å². The smallest absolute Gasteiger partial charge is 0.225 e. The molecule has 2 fully saturated rings. The highest BCUT2D eigenvalue weighted by molar-refractivity contribution is 5.80. The van der Waals surface area contributed by atoms with E-state index in [0.717, 1.165) is 19.5 Å². The van der Waals surface area contributed by atoms with Crippen molar-refractivity contribution in [1.29, 1.82) is 0 Å². The van der Waals surface area contributed by atoms with Gasteiger partial charge in [0.1, 0.15) is 0 Å². The molecule has 2 rings (SSSR count). The molecule has 0 aromatic carbocycles. The number of rotatable bonds is 2. The summed E-state index contributed by atoms with van der Waals surface area (Å²) in [7, 11) is 0. The fourth-order valence-electron chi connectivity index (χ4n) is 3.11. The minimum Gasteiger partial charge on any atom is -0.353 e. The highest BCUT2D eigenvalue weighted by atomic mass is 16.2. The maximum Gasteiger partial charge on any atom is 0.225 e. The first-order chi connectivity index (χ1) is 7.98. The minimum atomic E-state index is 0.220. The monoisotopic (exact) mass is 238 g/mol. The molecule has 1 saturated heterocycles. The van der Waals surface area contributed by atoms with Crippen LogP contribution < -0.4 is 10.6 Å². The molecule has 98 valence electrons. The Balaban J connectivity index is 1.94. The van der Waals surface area contributed by atoms with E-state index in [1.54, 1.807) is 0 Å². The number of carbonyl (C=O) groups excluding carboxylic acids is 1. The predicted molar refractivity (Wildman–Crippen MR) is 69.7 cm³/mol. The van der Waals surface area contributed by atoms with Gasteiger partial charge in [0.25, 0.3) is 0 Å². The van der Waals surface area contributed by atoms with Gasteiger partial charge in [0.2, 0.25) is 5.91 Å². The van der Waals surface area contributed by atoms with Crippen LogP contribution in [0.5, 0.6) is 0 Å². The van der Waals surface area contributed by atoms with Gasteiger partial charge in [0.05, 0.1) is 5.92 Å². The molecule has 1 aliphatic carbocycles. The SMILES string of the molecule is CC(C)(C)C1CCCCC1NC(=O)C1CNC1. The Labute approximate surface area is 105 Å². The molecular formula is C14H26N2O. The summed E-state index contributed by atoms with van der Waals surface area (Å²) in [6.07, 6.45) is 5.00. The molecule has 17 heavy (non-hydrogen) atoms. The highest BCUT2D eigenvalue weighted by Crippen LogP contribution is 2.38. The molecule has 0 spiro atoms. The second-order valence-electron chi connectivity index (χ2n) is 6.73. The van der Waals surface area contributed by atoms with Crippen LogP contribution in [-0.2, 0) is 4.79 Å². The van der Waals surface area contributed by atoms with Gasteiger partial charge in [0, 0.05) is 19.1 Å². The van der Waals surface area contributed by atoms with E-state index < -0.39 is 0 Å². The Morgan fingerprint density at radius 1 is 1.18 bits per heavy atom. The number of nitrogens with one attached hydrogen (secondary N) is 2. The topological polar surface area (TPSA) is 41.1 Å². The lowest BCUT2D eigenvalue weighted by Gasteiger charge is -2.41. The summed E-state index contributed by atoms with van der Waals surface area (Å²) in [5.41, 5.74) is 0.302. The van der Waals surface area contributed by atoms with Crippen LogP contribution in [0, 0.1) is 17.3 Å². The normalized spacial score (nSPS) is 30.8. The fraction of sp³-hybridized carbons (Fsp3) is 0.929. The summed E-state index contributed by atoms with van der Waals surface area (Å²) in [5, 5.41) is 6.46. The first-order valence-electron chi connectivity index (χ1n) is 6.99. The van der Waals surface area contributed by atoms with Gasteiger partial charge in [-0.05, 0) is 24.2 Å². The van der Waals surface area contributed by atoms with Crippen LogP contribution in [0.2, 0.25) is 0 Å². The lowest BCUT2D eigenvalue weighted by atomic mass is 9.69. The molecule has 0 aromatic heterocycles. The second-order valence-corrected chi connectivity index (χ2v) is 6.73. The molecule has 0 aromatic rings. The Bertz CT molecular complexity index is 278. The van der Waals surface area contributed by atoms with Crippen molar-refractivity contribution in [3.8, 4) is 0 Å². The summed E-state index contributed by atoms with van der Waals surface area (Å²) in [5.74, 6) is 1.12. The van der Waals surface area contributed by atoms with E-state index in [1.165, 1.54) is 19.3 Å². The molecule has 1 aliphatic heterocycles. The van der Waals surface area contributed by atoms with E-state index in [4.69, 9.17) is 0 Å². The van der Waals surface area contributed by atoms with E-state index in [9.17, 15) is 4.79 Å². The largest absolute Gasteiger partial charge is 0.353 e. The molecule has 2 unspecified atom stereocenters. The van der Waals surface area contributed by atoms with Crippen LogP contribution >= 0.6 is 0 Å². The van der Waals surface area contributed by atoms with Gasteiger partial charge < -0.3 is 10.6 Å². The lowest BCUT2D eigenvalue weighted by Crippen LogP contribution is -2.55. The van der Waals surface area contributed by atoms with Gasteiger partial charge in [-0.1, -0.05) is 33.6 Å². The first kappa shape index (κ1) is 12.9. The number of carbonyl (C=O) groups is 1. The zero-order valence-electron chi connectivity index (χ0n) is 11.4. The minimum absolute atomic E-state index is 0.220. The summed E-state index contributed by atoms with van der Waals surface area (Å²) < 4.78 is 0. The summed E-state index contributed by atoms with van der Waals surface area (Å²) in [6.45, 7) is 8.62. The van der Waals surface area contributed by atoms with Crippen molar-refractivity contribution in [2.45, 2.75) is 52.5 Å². The van der Waals surface area contributed by atoms with Crippen molar-refractivity contribution in [2.75, 3.05) is 13.1 Å². The predicted octanol–water partition coefficient (Wildman–Crippen LogP) is 1.93. The first-order valence-corrected chi connectivity index (χ1v) is 6.99. The van der Waals surface area contributed by atoms with Crippen molar-refractivity contribution in [3.63, 3.8) is 0 Å². The van der Waals surface area contributed by atoms with E-state index in [-0.39, 0.29) is 11.8 Å². The summed E-state index contributed by atoms with van der Waals surface area (Å²) >= 11 is 0. The van der Waals surface area contributed by atoms with Crippen molar-refractivity contribution < 1.29 is 4.79 Å². The summed E-state index contributed by atoms with van der Waals surface area (Å²) in [4.78, 5) is 12.0. The molecule has 3 nitrogen and oxygen atoms in total. The molecule has 2 N–H and O–H groups in total. The van der Waals surface area contributed by atoms with Crippen LogP contribution in [0.25, 0.3) is 0 Å². The maximum atomic E-state index is 12.0. The van der Waals surface area contributed by atoms with Crippen LogP contribution in [0.1, 0.15) is 46.5 Å². The molecular weight excluding hydrogens is 212 g/mol. The molecule has 3 heteroatoms. The number of hydrogen-bond acceptors (Lipinski definition) is 2. The average Bonchev–Trinajstić information content (AvgIpc) is 2.13. The highest BCUT2D eigenvalue weighted by Gasteiger charge is 2.36. The average molecular weight is 238 g/mol. The third kappa shape index (κ3) is 3.01. The van der Waals surface area contributed by atoms with Crippen molar-refractivity contribution in [2.24, 2.45) is 17.3 Å². The molecule has 2 atom stereocenters. The fourth-order valence-corrected chi connectivity index (χ4v) is 3.11. The van der Waals surface area contributed by atoms with E-state index in [2.05, 4.69) is 31.4 Å². The quantitative estimate of drug-likeness (QED) is 0.772. The van der Waals surface area contributed by atoms with E-state index >= 15 is 0 Å². The molecule has 2 aliphatic rings. The third-order valence-corrected chi connectivity index (χ3v) is 4.36. The van der Waals surface area contributed by atoms with Gasteiger partial charge >= 0.3 is 0 Å². The van der Waals surface area contributed by atoms with Gasteiger partial charge in [-0.15, -0.1) is 0 Å². The number of hydrogen-bond donors (Lipinski definition) is 2. The van der Waals surface area contributed by atoms with Crippen molar-refractivity contribution in [3.05, 3.63) is 0 Å². The van der Waals surface area contributed by atoms with Crippen LogP contribution in [0.4, 0.5) is 0 Å². The Hall–Kier alpha value is -0.570. The Morgan fingerprint density at radius 2 is 1.82 bits per heavy atom. The van der Waals surface area contributed by atoms with Crippen molar-refractivity contribution >= 4 is 5.91 Å². The molecule has 1 heterocycles. The standard InChI is InChI=1S/C14H26N2O/c1-14(2,3)11-6-4-5-7-12(11)16-13(17)10-8-15-9-10/h10-12,15H,4-9H2,1-3H3,(H,16,17). The van der Waals surface area contributed by atoms with Gasteiger partial charge in [-0.2, -0.15) is 0 Å². The van der Waals surface area contributed by atoms with Crippen LogP contribution in [0.15, 0.2) is 0 Å². The molecule has 0 radical (unpaired) electrons. The zero-order chi connectivity index (χ0) is 12.5. The Kier molecular flexibility index (Phi) is 3.76. The third-order valence-electron chi connectivity index (χ3n) is 4.36. The second kappa shape index (κ2) is 4.97. The van der Waals surface area contributed by atoms with Crippen molar-refractivity contribution in [1.82, 2.24) is 10.6 Å². The van der Waals surface area contributed by atoms with E-state index in [0.29, 0.717) is 17.4 Å².